The van der Waals surface area contributed by atoms with Gasteiger partial charge in [0.15, 0.2) is 0 Å². The Labute approximate surface area is 134 Å². The molecule has 3 N–H and O–H groups in total. The molecule has 0 radical (unpaired) electrons. The minimum Gasteiger partial charge on any atom is -0.398 e. The van der Waals surface area contributed by atoms with E-state index in [0.29, 0.717) is 23.2 Å². The van der Waals surface area contributed by atoms with E-state index in [4.69, 9.17) is 10.5 Å². The van der Waals surface area contributed by atoms with Gasteiger partial charge in [0.1, 0.15) is 0 Å². The molecule has 0 spiro atoms. The normalized spacial score (nSPS) is 24.6. The molecule has 1 aromatic rings. The fourth-order valence-corrected chi connectivity index (χ4v) is 4.20. The summed E-state index contributed by atoms with van der Waals surface area (Å²) in [5, 5.41) is 0. The van der Waals surface area contributed by atoms with E-state index in [1.165, 1.54) is 12.1 Å². The number of anilines is 1. The monoisotopic (exact) mass is 376 g/mol. The van der Waals surface area contributed by atoms with E-state index in [2.05, 4.69) is 20.7 Å². The molecule has 7 heteroatoms. The van der Waals surface area contributed by atoms with Gasteiger partial charge in [0.2, 0.25) is 10.0 Å². The molecule has 1 aliphatic rings. The largest absolute Gasteiger partial charge is 0.398 e. The maximum absolute atomic E-state index is 12.4. The third-order valence-corrected chi connectivity index (χ3v) is 6.31. The predicted molar refractivity (Wildman–Crippen MR) is 86.5 cm³/mol. The SMILES string of the molecule is CCOC1CC(NS(=O)(=O)c2ccc(Br)c(N)c2)C1(C)C. The number of hydrogen-bond donors (Lipinski definition) is 2. The number of nitrogens with two attached hydrogens (primary N) is 1. The lowest BCUT2D eigenvalue weighted by Crippen LogP contribution is -2.61. The zero-order valence-electron chi connectivity index (χ0n) is 12.4. The topological polar surface area (TPSA) is 81.4 Å². The molecular weight excluding hydrogens is 356 g/mol. The lowest BCUT2D eigenvalue weighted by atomic mass is 9.65. The molecule has 0 aliphatic heterocycles. The van der Waals surface area contributed by atoms with Gasteiger partial charge in [-0.15, -0.1) is 0 Å². The van der Waals surface area contributed by atoms with Crippen LogP contribution in [0.3, 0.4) is 0 Å². The molecule has 118 valence electrons. The van der Waals surface area contributed by atoms with Gasteiger partial charge < -0.3 is 10.5 Å². The van der Waals surface area contributed by atoms with Gasteiger partial charge in [0, 0.05) is 28.2 Å². The van der Waals surface area contributed by atoms with Crippen molar-refractivity contribution >= 4 is 31.6 Å². The third-order valence-electron chi connectivity index (χ3n) is 4.12. The Morgan fingerprint density at radius 1 is 1.48 bits per heavy atom. The average molecular weight is 377 g/mol. The second kappa shape index (κ2) is 5.87. The molecule has 0 amide bonds. The van der Waals surface area contributed by atoms with E-state index in [-0.39, 0.29) is 22.5 Å². The summed E-state index contributed by atoms with van der Waals surface area (Å²) in [5.41, 5.74) is 5.93. The molecule has 0 heterocycles. The molecule has 2 rings (SSSR count). The fourth-order valence-electron chi connectivity index (χ4n) is 2.51. The molecule has 0 saturated heterocycles. The number of benzene rings is 1. The van der Waals surface area contributed by atoms with E-state index < -0.39 is 10.0 Å². The van der Waals surface area contributed by atoms with Crippen LogP contribution in [0.1, 0.15) is 27.2 Å². The first kappa shape index (κ1) is 16.7. The van der Waals surface area contributed by atoms with Gasteiger partial charge in [-0.25, -0.2) is 13.1 Å². The Balaban J connectivity index is 2.14. The fraction of sp³-hybridized carbons (Fsp3) is 0.571. The zero-order chi connectivity index (χ0) is 15.8. The van der Waals surface area contributed by atoms with Crippen LogP contribution in [-0.4, -0.2) is 27.2 Å². The maximum atomic E-state index is 12.4. The lowest BCUT2D eigenvalue weighted by Gasteiger charge is -2.51. The quantitative estimate of drug-likeness (QED) is 0.773. The summed E-state index contributed by atoms with van der Waals surface area (Å²) < 4.78 is 33.9. The predicted octanol–water partition coefficient (Wildman–Crippen LogP) is 2.51. The number of nitrogen functional groups attached to an aromatic ring is 1. The molecule has 1 aliphatic carbocycles. The first-order chi connectivity index (χ1) is 9.68. The van der Waals surface area contributed by atoms with Crippen LogP contribution in [-0.2, 0) is 14.8 Å². The Morgan fingerprint density at radius 2 is 2.14 bits per heavy atom. The van der Waals surface area contributed by atoms with Crippen molar-refractivity contribution < 1.29 is 13.2 Å². The molecule has 2 unspecified atom stereocenters. The van der Waals surface area contributed by atoms with Crippen LogP contribution < -0.4 is 10.5 Å². The number of hydrogen-bond acceptors (Lipinski definition) is 4. The highest BCUT2D eigenvalue weighted by atomic mass is 79.9. The van der Waals surface area contributed by atoms with Crippen molar-refractivity contribution in [2.45, 2.75) is 44.2 Å². The van der Waals surface area contributed by atoms with Crippen LogP contribution in [0.5, 0.6) is 0 Å². The van der Waals surface area contributed by atoms with Crippen LogP contribution in [0, 0.1) is 5.41 Å². The summed E-state index contributed by atoms with van der Waals surface area (Å²) in [6.07, 6.45) is 0.775. The van der Waals surface area contributed by atoms with Crippen molar-refractivity contribution in [3.8, 4) is 0 Å². The van der Waals surface area contributed by atoms with Crippen molar-refractivity contribution in [1.82, 2.24) is 4.72 Å². The van der Waals surface area contributed by atoms with E-state index in [1.807, 2.05) is 20.8 Å². The van der Waals surface area contributed by atoms with Crippen LogP contribution in [0.4, 0.5) is 5.69 Å². The number of nitrogens with one attached hydrogen (secondary N) is 1. The highest BCUT2D eigenvalue weighted by molar-refractivity contribution is 9.10. The summed E-state index contributed by atoms with van der Waals surface area (Å²) in [6, 6.07) is 4.50. The lowest BCUT2D eigenvalue weighted by molar-refractivity contribution is -0.108. The van der Waals surface area contributed by atoms with Crippen LogP contribution in [0.2, 0.25) is 0 Å². The highest BCUT2D eigenvalue weighted by Gasteiger charge is 2.50. The third kappa shape index (κ3) is 3.26. The van der Waals surface area contributed by atoms with Crippen molar-refractivity contribution in [1.29, 1.82) is 0 Å². The summed E-state index contributed by atoms with van der Waals surface area (Å²) >= 11 is 3.26. The van der Waals surface area contributed by atoms with Crippen LogP contribution in [0.25, 0.3) is 0 Å². The minimum atomic E-state index is -3.58. The van der Waals surface area contributed by atoms with Crippen molar-refractivity contribution in [3.05, 3.63) is 22.7 Å². The Kier molecular flexibility index (Phi) is 4.68. The van der Waals surface area contributed by atoms with E-state index >= 15 is 0 Å². The van der Waals surface area contributed by atoms with Crippen LogP contribution in [0.15, 0.2) is 27.6 Å². The van der Waals surface area contributed by atoms with Gasteiger partial charge in [-0.05, 0) is 47.5 Å². The van der Waals surface area contributed by atoms with Crippen molar-refractivity contribution in [3.63, 3.8) is 0 Å². The second-order valence-corrected chi connectivity index (χ2v) is 8.43. The highest BCUT2D eigenvalue weighted by Crippen LogP contribution is 2.43. The summed E-state index contributed by atoms with van der Waals surface area (Å²) in [6.45, 7) is 6.61. The molecule has 5 nitrogen and oxygen atoms in total. The summed E-state index contributed by atoms with van der Waals surface area (Å²) in [7, 11) is -3.58. The van der Waals surface area contributed by atoms with Gasteiger partial charge in [0.25, 0.3) is 0 Å². The average Bonchev–Trinajstić information content (AvgIpc) is 2.40. The van der Waals surface area contributed by atoms with Crippen LogP contribution >= 0.6 is 15.9 Å². The van der Waals surface area contributed by atoms with Gasteiger partial charge >= 0.3 is 0 Å². The Hall–Kier alpha value is -0.630. The standard InChI is InChI=1S/C14H21BrN2O3S/c1-4-20-13-8-12(14(13,2)3)17-21(18,19)9-5-6-10(15)11(16)7-9/h5-7,12-13,17H,4,8,16H2,1-3H3. The molecule has 1 fully saturated rings. The molecule has 0 aromatic heterocycles. The molecule has 1 aromatic carbocycles. The second-order valence-electron chi connectivity index (χ2n) is 5.86. The van der Waals surface area contributed by atoms with E-state index in [9.17, 15) is 8.42 Å². The van der Waals surface area contributed by atoms with Crippen molar-refractivity contribution in [2.24, 2.45) is 5.41 Å². The van der Waals surface area contributed by atoms with Gasteiger partial charge in [0.05, 0.1) is 11.0 Å². The number of sulfonamides is 1. The number of ether oxygens (including phenoxy) is 1. The van der Waals surface area contributed by atoms with Gasteiger partial charge in [-0.3, -0.25) is 0 Å². The molecule has 1 saturated carbocycles. The number of rotatable bonds is 5. The van der Waals surface area contributed by atoms with E-state index in [1.54, 1.807) is 6.07 Å². The zero-order valence-corrected chi connectivity index (χ0v) is 14.8. The molecule has 21 heavy (non-hydrogen) atoms. The Morgan fingerprint density at radius 3 is 2.67 bits per heavy atom. The minimum absolute atomic E-state index is 0.0881. The van der Waals surface area contributed by atoms with E-state index in [0.717, 1.165) is 0 Å². The maximum Gasteiger partial charge on any atom is 0.240 e. The molecule has 2 atom stereocenters. The van der Waals surface area contributed by atoms with Gasteiger partial charge in [-0.1, -0.05) is 13.8 Å². The molecule has 0 bridgehead atoms. The summed E-state index contributed by atoms with van der Waals surface area (Å²) in [4.78, 5) is 0.179. The Bertz CT molecular complexity index is 631. The van der Waals surface area contributed by atoms with Crippen molar-refractivity contribution in [2.75, 3.05) is 12.3 Å². The number of halogens is 1. The first-order valence-electron chi connectivity index (χ1n) is 6.87. The molecular formula is C14H21BrN2O3S. The smallest absolute Gasteiger partial charge is 0.240 e. The summed E-state index contributed by atoms with van der Waals surface area (Å²) in [5.74, 6) is 0. The first-order valence-corrected chi connectivity index (χ1v) is 9.15. The van der Waals surface area contributed by atoms with Gasteiger partial charge in [-0.2, -0.15) is 0 Å².